The first kappa shape index (κ1) is 23.9. The summed E-state index contributed by atoms with van der Waals surface area (Å²) >= 11 is 15.5. The molecular formula is C20H18Cl2N4O2S3. The van der Waals surface area contributed by atoms with Crippen LogP contribution in [0.4, 0.5) is 11.4 Å². The number of amides is 2. The minimum absolute atomic E-state index is 0.146. The molecule has 0 saturated heterocycles. The number of hydrogen-bond donors (Lipinski definition) is 2. The topological polar surface area (TPSA) is 84.0 Å². The molecular weight excluding hydrogens is 495 g/mol. The molecule has 31 heavy (non-hydrogen) atoms. The molecule has 2 atom stereocenters. The molecule has 0 saturated carbocycles. The average molecular weight is 513 g/mol. The Morgan fingerprint density at radius 3 is 1.77 bits per heavy atom. The maximum atomic E-state index is 12.4. The van der Waals surface area contributed by atoms with Gasteiger partial charge in [0.2, 0.25) is 17.0 Å². The Bertz CT molecular complexity index is 963. The van der Waals surface area contributed by atoms with Gasteiger partial charge in [-0.15, -0.1) is 0 Å². The second kappa shape index (κ2) is 11.2. The molecule has 11 heteroatoms. The number of nitrogens with one attached hydrogen (secondary N) is 2. The van der Waals surface area contributed by atoms with E-state index >= 15 is 0 Å². The lowest BCUT2D eigenvalue weighted by Gasteiger charge is -2.10. The maximum absolute atomic E-state index is 12.4. The monoisotopic (exact) mass is 512 g/mol. The van der Waals surface area contributed by atoms with Crippen LogP contribution in [0.1, 0.15) is 13.8 Å². The van der Waals surface area contributed by atoms with Crippen LogP contribution in [0.3, 0.4) is 0 Å². The quantitative estimate of drug-likeness (QED) is 0.355. The zero-order chi connectivity index (χ0) is 22.4. The van der Waals surface area contributed by atoms with E-state index in [1.165, 1.54) is 35.1 Å². The van der Waals surface area contributed by atoms with Gasteiger partial charge in [0, 0.05) is 21.4 Å². The molecule has 0 aliphatic rings. The number of carbonyl (C=O) groups excluding carboxylic acids is 2. The maximum Gasteiger partial charge on any atom is 0.237 e. The van der Waals surface area contributed by atoms with Crippen molar-refractivity contribution in [1.29, 1.82) is 0 Å². The molecule has 1 heterocycles. The number of nitrogens with zero attached hydrogens (tertiary/aromatic N) is 2. The van der Waals surface area contributed by atoms with Crippen LogP contribution >= 0.6 is 58.3 Å². The van der Waals surface area contributed by atoms with Gasteiger partial charge in [-0.25, -0.2) is 4.98 Å². The van der Waals surface area contributed by atoms with Crippen LogP contribution in [0.5, 0.6) is 0 Å². The first-order valence-electron chi connectivity index (χ1n) is 9.10. The van der Waals surface area contributed by atoms with E-state index in [1.807, 2.05) is 0 Å². The van der Waals surface area contributed by atoms with Gasteiger partial charge in [0.25, 0.3) is 0 Å². The van der Waals surface area contributed by atoms with E-state index in [0.717, 1.165) is 0 Å². The van der Waals surface area contributed by atoms with E-state index in [1.54, 1.807) is 62.4 Å². The standard InChI is InChI=1S/C20H18Cl2N4O2S3/c1-11(17(27)23-15-7-3-13(21)4-8-15)29-19-25-20(31-26-19)30-12(2)18(28)24-16-9-5-14(22)6-10-16/h3-12H,1-2H3,(H,23,27)(H,24,28)/t11-,12+/m1/s1. The fourth-order valence-corrected chi connectivity index (χ4v) is 5.19. The summed E-state index contributed by atoms with van der Waals surface area (Å²) in [6, 6.07) is 13.8. The molecule has 0 fully saturated rings. The largest absolute Gasteiger partial charge is 0.325 e. The van der Waals surface area contributed by atoms with E-state index in [0.29, 0.717) is 30.9 Å². The molecule has 1 aromatic heterocycles. The average Bonchev–Trinajstić information content (AvgIpc) is 3.17. The normalized spacial score (nSPS) is 12.8. The van der Waals surface area contributed by atoms with Crippen molar-refractivity contribution in [2.75, 3.05) is 10.6 Å². The summed E-state index contributed by atoms with van der Waals surface area (Å²) in [7, 11) is 0. The molecule has 2 aromatic carbocycles. The Morgan fingerprint density at radius 2 is 1.29 bits per heavy atom. The number of thioether (sulfide) groups is 2. The molecule has 6 nitrogen and oxygen atoms in total. The molecule has 0 unspecified atom stereocenters. The lowest BCUT2D eigenvalue weighted by Crippen LogP contribution is -2.22. The third-order valence-corrected chi connectivity index (χ3v) is 7.38. The molecule has 3 aromatic rings. The predicted molar refractivity (Wildman–Crippen MR) is 131 cm³/mol. The van der Waals surface area contributed by atoms with Crippen LogP contribution < -0.4 is 10.6 Å². The Balaban J connectivity index is 1.50. The van der Waals surface area contributed by atoms with E-state index in [2.05, 4.69) is 20.0 Å². The smallest absolute Gasteiger partial charge is 0.237 e. The van der Waals surface area contributed by atoms with Crippen LogP contribution in [0, 0.1) is 0 Å². The minimum Gasteiger partial charge on any atom is -0.325 e. The van der Waals surface area contributed by atoms with Crippen molar-refractivity contribution < 1.29 is 9.59 Å². The van der Waals surface area contributed by atoms with Gasteiger partial charge in [0.1, 0.15) is 0 Å². The number of benzene rings is 2. The zero-order valence-corrected chi connectivity index (χ0v) is 20.4. The molecule has 2 amide bonds. The van der Waals surface area contributed by atoms with Gasteiger partial charge in [0.15, 0.2) is 4.34 Å². The number of halogens is 2. The van der Waals surface area contributed by atoms with Crippen LogP contribution in [-0.4, -0.2) is 31.7 Å². The van der Waals surface area contributed by atoms with Crippen LogP contribution in [-0.2, 0) is 9.59 Å². The summed E-state index contributed by atoms with van der Waals surface area (Å²) in [6.07, 6.45) is 0. The summed E-state index contributed by atoms with van der Waals surface area (Å²) in [5, 5.41) is 6.62. The highest BCUT2D eigenvalue weighted by atomic mass is 35.5. The number of hydrogen-bond acceptors (Lipinski definition) is 7. The van der Waals surface area contributed by atoms with Crippen molar-refractivity contribution in [3.8, 4) is 0 Å². The summed E-state index contributed by atoms with van der Waals surface area (Å²) in [6.45, 7) is 3.58. The zero-order valence-electron chi connectivity index (χ0n) is 16.5. The van der Waals surface area contributed by atoms with Crippen molar-refractivity contribution in [3.63, 3.8) is 0 Å². The van der Waals surface area contributed by atoms with Gasteiger partial charge in [0.05, 0.1) is 10.5 Å². The minimum atomic E-state index is -0.395. The van der Waals surface area contributed by atoms with Crippen LogP contribution in [0.2, 0.25) is 10.0 Å². The van der Waals surface area contributed by atoms with Crippen LogP contribution in [0.15, 0.2) is 58.0 Å². The van der Waals surface area contributed by atoms with Gasteiger partial charge in [-0.2, -0.15) is 4.37 Å². The third kappa shape index (κ3) is 7.40. The highest BCUT2D eigenvalue weighted by Gasteiger charge is 2.20. The van der Waals surface area contributed by atoms with Gasteiger partial charge in [-0.1, -0.05) is 46.7 Å². The second-order valence-corrected chi connectivity index (χ2v) is 10.9. The van der Waals surface area contributed by atoms with Crippen LogP contribution in [0.25, 0.3) is 0 Å². The molecule has 0 radical (unpaired) electrons. The fraction of sp³-hybridized carbons (Fsp3) is 0.200. The Kier molecular flexibility index (Phi) is 8.62. The lowest BCUT2D eigenvalue weighted by molar-refractivity contribution is -0.116. The van der Waals surface area contributed by atoms with E-state index in [4.69, 9.17) is 23.2 Å². The first-order chi connectivity index (χ1) is 14.8. The molecule has 162 valence electrons. The van der Waals surface area contributed by atoms with Crippen molar-refractivity contribution in [2.24, 2.45) is 0 Å². The lowest BCUT2D eigenvalue weighted by atomic mass is 10.3. The highest BCUT2D eigenvalue weighted by Crippen LogP contribution is 2.30. The number of carbonyl (C=O) groups is 2. The van der Waals surface area contributed by atoms with Gasteiger partial charge < -0.3 is 10.6 Å². The highest BCUT2D eigenvalue weighted by molar-refractivity contribution is 8.02. The SMILES string of the molecule is C[C@H](Sc1nc(S[C@H](C)C(=O)Nc2ccc(Cl)cc2)ns1)C(=O)Nc1ccc(Cl)cc1. The van der Waals surface area contributed by atoms with Crippen molar-refractivity contribution >= 4 is 81.4 Å². The number of aromatic nitrogens is 2. The summed E-state index contributed by atoms with van der Waals surface area (Å²) in [5.41, 5.74) is 1.35. The van der Waals surface area contributed by atoms with Gasteiger partial charge >= 0.3 is 0 Å². The molecule has 0 aliphatic carbocycles. The molecule has 0 bridgehead atoms. The summed E-state index contributed by atoms with van der Waals surface area (Å²) in [5.74, 6) is -0.306. The molecule has 0 aliphatic heterocycles. The Labute approximate surface area is 202 Å². The fourth-order valence-electron chi connectivity index (χ4n) is 2.26. The summed E-state index contributed by atoms with van der Waals surface area (Å²) < 4.78 is 4.95. The first-order valence-corrected chi connectivity index (χ1v) is 12.4. The van der Waals surface area contributed by atoms with Gasteiger partial charge in [-0.3, -0.25) is 9.59 Å². The van der Waals surface area contributed by atoms with Crippen molar-refractivity contribution in [3.05, 3.63) is 58.6 Å². The summed E-state index contributed by atoms with van der Waals surface area (Å²) in [4.78, 5) is 29.2. The predicted octanol–water partition coefficient (Wildman–Crippen LogP) is 6.08. The molecule has 3 rings (SSSR count). The molecule has 0 spiro atoms. The van der Waals surface area contributed by atoms with E-state index in [-0.39, 0.29) is 17.1 Å². The number of rotatable bonds is 8. The second-order valence-electron chi connectivity index (χ2n) is 6.36. The molecule has 2 N–H and O–H groups in total. The van der Waals surface area contributed by atoms with Crippen molar-refractivity contribution in [1.82, 2.24) is 9.36 Å². The van der Waals surface area contributed by atoms with E-state index < -0.39 is 5.25 Å². The van der Waals surface area contributed by atoms with E-state index in [9.17, 15) is 9.59 Å². The third-order valence-electron chi connectivity index (χ3n) is 3.91. The van der Waals surface area contributed by atoms with Gasteiger partial charge in [-0.05, 0) is 73.9 Å². The number of anilines is 2. The van der Waals surface area contributed by atoms with Crippen molar-refractivity contribution in [2.45, 2.75) is 33.8 Å². The Hall–Kier alpha value is -1.78. The Morgan fingerprint density at radius 1 is 0.839 bits per heavy atom.